The molecule has 25 heavy (non-hydrogen) atoms. The Morgan fingerprint density at radius 2 is 2.00 bits per heavy atom. The summed E-state index contributed by atoms with van der Waals surface area (Å²) >= 11 is 16.7. The molecule has 0 unspecified atom stereocenters. The molecule has 2 rings (SSSR count). The van der Waals surface area contributed by atoms with Crippen molar-refractivity contribution in [2.75, 3.05) is 5.32 Å². The summed E-state index contributed by atoms with van der Waals surface area (Å²) in [6.45, 7) is 1.46. The van der Waals surface area contributed by atoms with Gasteiger partial charge in [0.1, 0.15) is 0 Å². The first-order chi connectivity index (χ1) is 11.7. The number of thiocarbonyl (C=S) groups is 1. The van der Waals surface area contributed by atoms with Gasteiger partial charge in [-0.15, -0.1) is 0 Å². The number of halogens is 2. The molecule has 0 bridgehead atoms. The van der Waals surface area contributed by atoms with Crippen LogP contribution in [0, 0.1) is 17.0 Å². The second kappa shape index (κ2) is 7.64. The number of phenols is 1. The number of amides is 1. The van der Waals surface area contributed by atoms with Crippen molar-refractivity contribution >= 4 is 57.8 Å². The van der Waals surface area contributed by atoms with E-state index in [0.29, 0.717) is 0 Å². The number of carbonyl (C=O) groups excluding carboxylic acids is 1. The number of carbonyl (C=O) groups is 1. The van der Waals surface area contributed by atoms with Crippen LogP contribution in [0.1, 0.15) is 15.9 Å². The van der Waals surface area contributed by atoms with Crippen LogP contribution < -0.4 is 10.6 Å². The first-order valence-corrected chi connectivity index (χ1v) is 7.91. The predicted molar refractivity (Wildman–Crippen MR) is 99.6 cm³/mol. The fraction of sp³-hybridized carbons (Fsp3) is 0.0667. The van der Waals surface area contributed by atoms with Crippen molar-refractivity contribution in [3.63, 3.8) is 0 Å². The number of hydrogen-bond acceptors (Lipinski definition) is 5. The monoisotopic (exact) mass is 399 g/mol. The average Bonchev–Trinajstić information content (AvgIpc) is 2.51. The molecule has 2 aromatic carbocycles. The number of hydrogen-bond donors (Lipinski definition) is 3. The van der Waals surface area contributed by atoms with Gasteiger partial charge in [-0.2, -0.15) is 0 Å². The highest BCUT2D eigenvalue weighted by molar-refractivity contribution is 7.80. The number of nitrogens with zero attached hydrogens (tertiary/aromatic N) is 1. The second-order valence-electron chi connectivity index (χ2n) is 4.90. The molecule has 10 heteroatoms. The molecule has 7 nitrogen and oxygen atoms in total. The minimum absolute atomic E-state index is 0.0126. The van der Waals surface area contributed by atoms with Gasteiger partial charge in [-0.25, -0.2) is 0 Å². The summed E-state index contributed by atoms with van der Waals surface area (Å²) in [6.07, 6.45) is 0. The van der Waals surface area contributed by atoms with Gasteiger partial charge in [-0.1, -0.05) is 29.3 Å². The largest absolute Gasteiger partial charge is 0.504 e. The molecule has 0 radical (unpaired) electrons. The van der Waals surface area contributed by atoms with Crippen molar-refractivity contribution in [2.24, 2.45) is 0 Å². The molecule has 130 valence electrons. The van der Waals surface area contributed by atoms with Crippen LogP contribution in [0.3, 0.4) is 0 Å². The molecule has 0 fully saturated rings. The SMILES string of the molecule is Cc1c(C(=O)NC(=S)Nc2cc(Cl)cc(Cl)c2O)cccc1[N+](=O)[O-]. The number of anilines is 1. The Bertz CT molecular complexity index is 889. The number of nitro benzene ring substituents is 1. The molecule has 1 amide bonds. The number of benzene rings is 2. The molecule has 0 aliphatic rings. The summed E-state index contributed by atoms with van der Waals surface area (Å²) in [5.41, 5.74) is 0.248. The molecular weight excluding hydrogens is 389 g/mol. The van der Waals surface area contributed by atoms with Gasteiger partial charge in [0.15, 0.2) is 10.9 Å². The molecular formula is C15H11Cl2N3O4S. The number of rotatable bonds is 3. The van der Waals surface area contributed by atoms with E-state index in [1.165, 1.54) is 37.3 Å². The Hall–Kier alpha value is -2.42. The van der Waals surface area contributed by atoms with E-state index in [9.17, 15) is 20.0 Å². The number of phenolic OH excluding ortho intramolecular Hbond substituents is 1. The van der Waals surface area contributed by atoms with Crippen molar-refractivity contribution in [3.05, 3.63) is 61.6 Å². The highest BCUT2D eigenvalue weighted by Gasteiger charge is 2.19. The summed E-state index contributed by atoms with van der Waals surface area (Å²) in [5, 5.41) is 25.9. The van der Waals surface area contributed by atoms with Crippen molar-refractivity contribution in [2.45, 2.75) is 6.92 Å². The molecule has 0 aliphatic heterocycles. The number of nitro groups is 1. The molecule has 0 aliphatic carbocycles. The van der Waals surface area contributed by atoms with E-state index < -0.39 is 10.8 Å². The van der Waals surface area contributed by atoms with Gasteiger partial charge in [-0.05, 0) is 37.3 Å². The van der Waals surface area contributed by atoms with Crippen molar-refractivity contribution in [1.82, 2.24) is 5.32 Å². The minimum atomic E-state index is -0.633. The van der Waals surface area contributed by atoms with Crippen LogP contribution in [0.15, 0.2) is 30.3 Å². The van der Waals surface area contributed by atoms with E-state index in [1.807, 2.05) is 0 Å². The van der Waals surface area contributed by atoms with E-state index in [4.69, 9.17) is 35.4 Å². The van der Waals surface area contributed by atoms with Crippen LogP contribution in [0.25, 0.3) is 0 Å². The maximum atomic E-state index is 12.3. The van der Waals surface area contributed by atoms with Gasteiger partial charge < -0.3 is 10.4 Å². The van der Waals surface area contributed by atoms with Crippen LogP contribution in [-0.2, 0) is 0 Å². The molecule has 3 N–H and O–H groups in total. The summed E-state index contributed by atoms with van der Waals surface area (Å²) in [7, 11) is 0. The lowest BCUT2D eigenvalue weighted by molar-refractivity contribution is -0.385. The minimum Gasteiger partial charge on any atom is -0.504 e. The van der Waals surface area contributed by atoms with E-state index >= 15 is 0 Å². The number of nitrogens with one attached hydrogen (secondary N) is 2. The van der Waals surface area contributed by atoms with E-state index in [-0.39, 0.29) is 43.4 Å². The first kappa shape index (κ1) is 18.9. The predicted octanol–water partition coefficient (Wildman–Crippen LogP) is 4.04. The maximum absolute atomic E-state index is 12.3. The maximum Gasteiger partial charge on any atom is 0.273 e. The molecule has 0 spiro atoms. The van der Waals surface area contributed by atoms with Crippen molar-refractivity contribution < 1.29 is 14.8 Å². The van der Waals surface area contributed by atoms with E-state index in [0.717, 1.165) is 0 Å². The smallest absolute Gasteiger partial charge is 0.273 e. The third-order valence-corrected chi connectivity index (χ3v) is 3.96. The van der Waals surface area contributed by atoms with E-state index in [1.54, 1.807) is 0 Å². The molecule has 0 saturated carbocycles. The van der Waals surface area contributed by atoms with Gasteiger partial charge in [0.25, 0.3) is 11.6 Å². The van der Waals surface area contributed by atoms with Crippen LogP contribution in [-0.4, -0.2) is 21.0 Å². The van der Waals surface area contributed by atoms with Gasteiger partial charge in [0, 0.05) is 22.2 Å². The van der Waals surface area contributed by atoms with Gasteiger partial charge >= 0.3 is 0 Å². The molecule has 2 aromatic rings. The topological polar surface area (TPSA) is 104 Å². The van der Waals surface area contributed by atoms with Gasteiger partial charge in [-0.3, -0.25) is 20.2 Å². The quantitative estimate of drug-likeness (QED) is 0.311. The summed E-state index contributed by atoms with van der Waals surface area (Å²) in [5.74, 6) is -0.916. The summed E-state index contributed by atoms with van der Waals surface area (Å²) in [6, 6.07) is 6.86. The summed E-state index contributed by atoms with van der Waals surface area (Å²) in [4.78, 5) is 22.7. The fourth-order valence-corrected chi connectivity index (χ4v) is 2.75. The highest BCUT2D eigenvalue weighted by Crippen LogP contribution is 2.34. The average molecular weight is 400 g/mol. The summed E-state index contributed by atoms with van der Waals surface area (Å²) < 4.78 is 0. The molecule has 0 heterocycles. The zero-order valence-electron chi connectivity index (χ0n) is 12.7. The standard InChI is InChI=1S/C15H11Cl2N3O4S/c1-7-9(3-2-4-12(7)20(23)24)14(22)19-15(25)18-11-6-8(16)5-10(17)13(11)21/h2-6,21H,1H3,(H2,18,19,22,25). The Balaban J connectivity index is 2.18. The molecule has 0 saturated heterocycles. The van der Waals surface area contributed by atoms with Gasteiger partial charge in [0.2, 0.25) is 0 Å². The van der Waals surface area contributed by atoms with Crippen molar-refractivity contribution in [1.29, 1.82) is 0 Å². The van der Waals surface area contributed by atoms with Gasteiger partial charge in [0.05, 0.1) is 15.6 Å². The second-order valence-corrected chi connectivity index (χ2v) is 6.15. The Morgan fingerprint density at radius 3 is 2.64 bits per heavy atom. The van der Waals surface area contributed by atoms with E-state index in [2.05, 4.69) is 10.6 Å². The third kappa shape index (κ3) is 4.36. The van der Waals surface area contributed by atoms with Crippen molar-refractivity contribution in [3.8, 4) is 5.75 Å². The zero-order valence-corrected chi connectivity index (χ0v) is 15.0. The fourth-order valence-electron chi connectivity index (χ4n) is 2.05. The zero-order chi connectivity index (χ0) is 18.7. The lowest BCUT2D eigenvalue weighted by Crippen LogP contribution is -2.34. The first-order valence-electron chi connectivity index (χ1n) is 6.75. The number of aromatic hydroxyl groups is 1. The Labute approximate surface area is 157 Å². The Kier molecular flexibility index (Phi) is 5.78. The van der Waals surface area contributed by atoms with Crippen LogP contribution >= 0.6 is 35.4 Å². The lowest BCUT2D eigenvalue weighted by atomic mass is 10.1. The Morgan fingerprint density at radius 1 is 1.32 bits per heavy atom. The highest BCUT2D eigenvalue weighted by atomic mass is 35.5. The normalized spacial score (nSPS) is 10.2. The van der Waals surface area contributed by atoms with Crippen LogP contribution in [0.4, 0.5) is 11.4 Å². The lowest BCUT2D eigenvalue weighted by Gasteiger charge is -2.13. The third-order valence-electron chi connectivity index (χ3n) is 3.25. The van der Waals surface area contributed by atoms with Crippen LogP contribution in [0.2, 0.25) is 10.0 Å². The molecule has 0 aromatic heterocycles. The van der Waals surface area contributed by atoms with Crippen LogP contribution in [0.5, 0.6) is 5.75 Å². The molecule has 0 atom stereocenters.